The number of nitrogens with zero attached hydrogens (tertiary/aromatic N) is 6. The van der Waals surface area contributed by atoms with Crippen molar-refractivity contribution in [2.75, 3.05) is 49.1 Å². The molecule has 2 fully saturated rings. The van der Waals surface area contributed by atoms with Crippen molar-refractivity contribution in [2.24, 2.45) is 0 Å². The Morgan fingerprint density at radius 3 is 2.41 bits per heavy atom. The highest BCUT2D eigenvalue weighted by Crippen LogP contribution is 2.23. The van der Waals surface area contributed by atoms with Crippen LogP contribution in [0.1, 0.15) is 35.5 Å². The number of anilines is 2. The van der Waals surface area contributed by atoms with Gasteiger partial charge in [-0.15, -0.1) is 0 Å². The molecule has 0 bridgehead atoms. The fourth-order valence-electron chi connectivity index (χ4n) is 3.77. The average molecular weight is 400 g/mol. The number of piperidine rings is 1. The first-order valence-electron chi connectivity index (χ1n) is 9.90. The van der Waals surface area contributed by atoms with Crippen LogP contribution in [0, 0.1) is 17.0 Å². The van der Waals surface area contributed by atoms with Crippen LogP contribution in [0.25, 0.3) is 0 Å². The minimum Gasteiger partial charge on any atom is -0.395 e. The van der Waals surface area contributed by atoms with Gasteiger partial charge in [-0.1, -0.05) is 0 Å². The highest BCUT2D eigenvalue weighted by Gasteiger charge is 2.27. The second-order valence-electron chi connectivity index (χ2n) is 7.39. The Morgan fingerprint density at radius 2 is 1.76 bits per heavy atom. The lowest BCUT2D eigenvalue weighted by Gasteiger charge is -2.35. The van der Waals surface area contributed by atoms with E-state index in [0.29, 0.717) is 26.2 Å². The first-order valence-corrected chi connectivity index (χ1v) is 9.90. The molecule has 1 amide bonds. The largest absolute Gasteiger partial charge is 0.433 e. The van der Waals surface area contributed by atoms with E-state index >= 15 is 0 Å². The minimum atomic E-state index is -0.647. The molecule has 0 aromatic carbocycles. The second kappa shape index (κ2) is 8.06. The molecular weight excluding hydrogens is 376 g/mol. The fraction of sp³-hybridized carbons (Fsp3) is 0.526. The molecule has 0 spiro atoms. The van der Waals surface area contributed by atoms with Gasteiger partial charge in [0.05, 0.1) is 6.07 Å². The van der Waals surface area contributed by atoms with Gasteiger partial charge >= 0.3 is 5.88 Å². The molecule has 2 aliphatic rings. The molecule has 2 aromatic heterocycles. The number of nitro groups is 1. The summed E-state index contributed by atoms with van der Waals surface area (Å²) in [6.07, 6.45) is 3.58. The molecule has 154 valence electrons. The molecule has 4 rings (SSSR count). The van der Waals surface area contributed by atoms with Gasteiger partial charge in [0, 0.05) is 51.0 Å². The van der Waals surface area contributed by atoms with Crippen molar-refractivity contribution >= 4 is 23.6 Å². The number of carbonyl (C=O) groups is 1. The summed E-state index contributed by atoms with van der Waals surface area (Å²) in [5.74, 6) is 0.898. The topological polar surface area (TPSA) is 109 Å². The zero-order valence-corrected chi connectivity index (χ0v) is 16.4. The molecule has 0 atom stereocenters. The molecule has 0 aliphatic carbocycles. The lowest BCUT2D eigenvalue weighted by atomic mass is 10.1. The first-order chi connectivity index (χ1) is 14.0. The zero-order chi connectivity index (χ0) is 20.4. The predicted molar refractivity (Wildman–Crippen MR) is 106 cm³/mol. The van der Waals surface area contributed by atoms with Crippen molar-refractivity contribution in [3.63, 3.8) is 0 Å². The molecule has 0 N–H and O–H groups in total. The molecule has 0 radical (unpaired) electrons. The SMILES string of the molecule is Cc1cc(N2CCN(C(=O)c3ccc([N+](=O)[O-])o3)CC2)nc(N2CCCCC2)n1. The molecule has 2 saturated heterocycles. The zero-order valence-electron chi connectivity index (χ0n) is 16.4. The molecule has 0 saturated carbocycles. The number of furan rings is 1. The van der Waals surface area contributed by atoms with Crippen molar-refractivity contribution in [1.29, 1.82) is 0 Å². The molecule has 0 unspecified atom stereocenters. The van der Waals surface area contributed by atoms with Crippen LogP contribution in [-0.2, 0) is 0 Å². The standard InChI is InChI=1S/C19H24N6O4/c1-14-13-16(21-19(20-14)24-7-3-2-4-8-24)22-9-11-23(12-10-22)18(26)15-5-6-17(29-15)25(27)28/h5-6,13H,2-4,7-12H2,1H3. The molecule has 2 aliphatic heterocycles. The van der Waals surface area contributed by atoms with Crippen molar-refractivity contribution < 1.29 is 14.1 Å². The summed E-state index contributed by atoms with van der Waals surface area (Å²) in [5.41, 5.74) is 0.928. The van der Waals surface area contributed by atoms with Crippen LogP contribution >= 0.6 is 0 Å². The van der Waals surface area contributed by atoms with Crippen LogP contribution in [-0.4, -0.2) is 65.0 Å². The van der Waals surface area contributed by atoms with Gasteiger partial charge in [-0.25, -0.2) is 4.98 Å². The number of rotatable bonds is 4. The Kier molecular flexibility index (Phi) is 5.32. The first kappa shape index (κ1) is 19.2. The van der Waals surface area contributed by atoms with E-state index in [2.05, 4.69) is 14.8 Å². The average Bonchev–Trinajstić information content (AvgIpc) is 3.24. The van der Waals surface area contributed by atoms with Crippen molar-refractivity contribution in [1.82, 2.24) is 14.9 Å². The van der Waals surface area contributed by atoms with Gasteiger partial charge in [-0.2, -0.15) is 4.98 Å². The maximum Gasteiger partial charge on any atom is 0.433 e. The van der Waals surface area contributed by atoms with E-state index in [1.165, 1.54) is 31.4 Å². The maximum absolute atomic E-state index is 12.6. The summed E-state index contributed by atoms with van der Waals surface area (Å²) in [6, 6.07) is 4.53. The monoisotopic (exact) mass is 400 g/mol. The minimum absolute atomic E-state index is 0.00425. The number of carbonyl (C=O) groups excluding carboxylic acids is 1. The molecule has 2 aromatic rings. The lowest BCUT2D eigenvalue weighted by molar-refractivity contribution is -0.402. The quantitative estimate of drug-likeness (QED) is 0.568. The van der Waals surface area contributed by atoms with E-state index in [1.807, 2.05) is 13.0 Å². The van der Waals surface area contributed by atoms with E-state index < -0.39 is 10.8 Å². The molecule has 4 heterocycles. The van der Waals surface area contributed by atoms with E-state index in [1.54, 1.807) is 4.90 Å². The molecule has 29 heavy (non-hydrogen) atoms. The number of aryl methyl sites for hydroxylation is 1. The van der Waals surface area contributed by atoms with Crippen LogP contribution in [0.2, 0.25) is 0 Å². The third-order valence-electron chi connectivity index (χ3n) is 5.34. The Labute approximate surface area is 168 Å². The van der Waals surface area contributed by atoms with Gasteiger partial charge in [-0.3, -0.25) is 14.9 Å². The van der Waals surface area contributed by atoms with Gasteiger partial charge in [0.25, 0.3) is 5.91 Å². The summed E-state index contributed by atoms with van der Waals surface area (Å²) in [7, 11) is 0. The third kappa shape index (κ3) is 4.15. The summed E-state index contributed by atoms with van der Waals surface area (Å²) in [5, 5.41) is 10.7. The van der Waals surface area contributed by atoms with E-state index in [-0.39, 0.29) is 11.7 Å². The van der Waals surface area contributed by atoms with Crippen LogP contribution < -0.4 is 9.80 Å². The summed E-state index contributed by atoms with van der Waals surface area (Å²) in [4.78, 5) is 38.1. The number of amides is 1. The normalized spacial score (nSPS) is 17.5. The maximum atomic E-state index is 12.6. The van der Waals surface area contributed by atoms with Crippen molar-refractivity contribution in [3.8, 4) is 0 Å². The number of aromatic nitrogens is 2. The Balaban J connectivity index is 1.42. The highest BCUT2D eigenvalue weighted by molar-refractivity contribution is 5.92. The van der Waals surface area contributed by atoms with E-state index in [4.69, 9.17) is 9.40 Å². The summed E-state index contributed by atoms with van der Waals surface area (Å²) in [6.45, 7) is 6.20. The van der Waals surface area contributed by atoms with E-state index in [0.717, 1.165) is 30.5 Å². The lowest BCUT2D eigenvalue weighted by Crippen LogP contribution is -2.49. The third-order valence-corrected chi connectivity index (χ3v) is 5.34. The Hall–Kier alpha value is -3.17. The van der Waals surface area contributed by atoms with E-state index in [9.17, 15) is 14.9 Å². The van der Waals surface area contributed by atoms with Gasteiger partial charge < -0.3 is 19.1 Å². The van der Waals surface area contributed by atoms with Gasteiger partial charge in [0.1, 0.15) is 10.7 Å². The Morgan fingerprint density at radius 1 is 1.03 bits per heavy atom. The summed E-state index contributed by atoms with van der Waals surface area (Å²) < 4.78 is 5.04. The van der Waals surface area contributed by atoms with Crippen LogP contribution in [0.5, 0.6) is 0 Å². The second-order valence-corrected chi connectivity index (χ2v) is 7.39. The van der Waals surface area contributed by atoms with Gasteiger partial charge in [0.15, 0.2) is 5.76 Å². The molecular formula is C19H24N6O4. The highest BCUT2D eigenvalue weighted by atomic mass is 16.6. The van der Waals surface area contributed by atoms with Crippen LogP contribution in [0.15, 0.2) is 22.6 Å². The number of hydrogen-bond donors (Lipinski definition) is 0. The molecule has 10 heteroatoms. The van der Waals surface area contributed by atoms with Crippen LogP contribution in [0.4, 0.5) is 17.7 Å². The van der Waals surface area contributed by atoms with Gasteiger partial charge in [-0.05, 0) is 32.3 Å². The Bertz CT molecular complexity index is 900. The van der Waals surface area contributed by atoms with Crippen molar-refractivity contribution in [2.45, 2.75) is 26.2 Å². The predicted octanol–water partition coefficient (Wildman–Crippen LogP) is 2.24. The smallest absolute Gasteiger partial charge is 0.395 e. The number of hydrogen-bond acceptors (Lipinski definition) is 8. The van der Waals surface area contributed by atoms with Gasteiger partial charge in [0.2, 0.25) is 5.95 Å². The van der Waals surface area contributed by atoms with Crippen LogP contribution in [0.3, 0.4) is 0 Å². The molecule has 10 nitrogen and oxygen atoms in total. The summed E-state index contributed by atoms with van der Waals surface area (Å²) >= 11 is 0. The van der Waals surface area contributed by atoms with Crippen molar-refractivity contribution in [3.05, 3.63) is 39.8 Å². The fourth-order valence-corrected chi connectivity index (χ4v) is 3.77. The number of piperazine rings is 1.